The SMILES string of the molecule is O=C(NCCC1CCNC1)C1CCCN(C(=O)c2ccc(Cl)c(Cl)c2)C1. The van der Waals surface area contributed by atoms with Crippen molar-refractivity contribution < 1.29 is 9.59 Å². The zero-order valence-corrected chi connectivity index (χ0v) is 16.3. The summed E-state index contributed by atoms with van der Waals surface area (Å²) in [6, 6.07) is 4.89. The fourth-order valence-electron chi connectivity index (χ4n) is 3.69. The fraction of sp³-hybridized carbons (Fsp3) is 0.579. The van der Waals surface area contributed by atoms with Crippen LogP contribution >= 0.6 is 23.2 Å². The number of carbonyl (C=O) groups excluding carboxylic acids is 2. The summed E-state index contributed by atoms with van der Waals surface area (Å²) in [4.78, 5) is 26.9. The molecule has 7 heteroatoms. The summed E-state index contributed by atoms with van der Waals surface area (Å²) in [5.74, 6) is 0.479. The molecule has 0 radical (unpaired) electrons. The number of carbonyl (C=O) groups is 2. The van der Waals surface area contributed by atoms with E-state index in [0.717, 1.165) is 32.4 Å². The lowest BCUT2D eigenvalue weighted by atomic mass is 9.96. The summed E-state index contributed by atoms with van der Waals surface area (Å²) in [5.41, 5.74) is 0.509. The zero-order valence-electron chi connectivity index (χ0n) is 14.8. The number of rotatable bonds is 5. The van der Waals surface area contributed by atoms with E-state index in [9.17, 15) is 9.59 Å². The minimum atomic E-state index is -0.142. The largest absolute Gasteiger partial charge is 0.356 e. The normalized spacial score (nSPS) is 23.1. The molecule has 2 heterocycles. The molecule has 1 aromatic carbocycles. The first-order chi connectivity index (χ1) is 12.5. The van der Waals surface area contributed by atoms with E-state index in [-0.39, 0.29) is 17.7 Å². The van der Waals surface area contributed by atoms with Gasteiger partial charge >= 0.3 is 0 Å². The van der Waals surface area contributed by atoms with Crippen LogP contribution in [0.1, 0.15) is 36.0 Å². The van der Waals surface area contributed by atoms with Crippen LogP contribution in [0.4, 0.5) is 0 Å². The van der Waals surface area contributed by atoms with E-state index < -0.39 is 0 Å². The second-order valence-corrected chi connectivity index (χ2v) is 7.97. The Balaban J connectivity index is 1.51. The van der Waals surface area contributed by atoms with Gasteiger partial charge in [-0.05, 0) is 62.9 Å². The Morgan fingerprint density at radius 1 is 1.23 bits per heavy atom. The number of likely N-dealkylation sites (tertiary alicyclic amines) is 1. The monoisotopic (exact) mass is 397 g/mol. The Morgan fingerprint density at radius 3 is 2.81 bits per heavy atom. The van der Waals surface area contributed by atoms with Gasteiger partial charge in [0.2, 0.25) is 5.91 Å². The van der Waals surface area contributed by atoms with E-state index >= 15 is 0 Å². The van der Waals surface area contributed by atoms with E-state index in [2.05, 4.69) is 10.6 Å². The number of nitrogens with one attached hydrogen (secondary N) is 2. The topological polar surface area (TPSA) is 61.4 Å². The maximum absolute atomic E-state index is 12.7. The van der Waals surface area contributed by atoms with E-state index in [1.165, 1.54) is 6.42 Å². The summed E-state index contributed by atoms with van der Waals surface area (Å²) < 4.78 is 0. The van der Waals surface area contributed by atoms with E-state index in [4.69, 9.17) is 23.2 Å². The summed E-state index contributed by atoms with van der Waals surface area (Å²) in [7, 11) is 0. The van der Waals surface area contributed by atoms with Crippen molar-refractivity contribution in [3.63, 3.8) is 0 Å². The van der Waals surface area contributed by atoms with Gasteiger partial charge in [-0.2, -0.15) is 0 Å². The number of piperidine rings is 1. The average molecular weight is 398 g/mol. The molecule has 0 aromatic heterocycles. The van der Waals surface area contributed by atoms with Gasteiger partial charge < -0.3 is 15.5 Å². The number of amides is 2. The van der Waals surface area contributed by atoms with Crippen LogP contribution in [0.15, 0.2) is 18.2 Å². The highest BCUT2D eigenvalue weighted by Crippen LogP contribution is 2.25. The lowest BCUT2D eigenvalue weighted by Crippen LogP contribution is -2.45. The molecule has 2 atom stereocenters. The van der Waals surface area contributed by atoms with Crippen molar-refractivity contribution >= 4 is 35.0 Å². The van der Waals surface area contributed by atoms with Gasteiger partial charge in [0.05, 0.1) is 16.0 Å². The molecule has 2 aliphatic rings. The van der Waals surface area contributed by atoms with Crippen molar-refractivity contribution in [2.45, 2.75) is 25.7 Å². The van der Waals surface area contributed by atoms with Gasteiger partial charge in [-0.25, -0.2) is 0 Å². The van der Waals surface area contributed by atoms with Crippen LogP contribution in [0.3, 0.4) is 0 Å². The number of nitrogens with zero attached hydrogens (tertiary/aromatic N) is 1. The number of benzene rings is 1. The maximum Gasteiger partial charge on any atom is 0.253 e. The lowest BCUT2D eigenvalue weighted by molar-refractivity contribution is -0.126. The second-order valence-electron chi connectivity index (χ2n) is 7.16. The first kappa shape index (κ1) is 19.5. The van der Waals surface area contributed by atoms with Gasteiger partial charge in [0.15, 0.2) is 0 Å². The molecule has 5 nitrogen and oxygen atoms in total. The molecule has 2 saturated heterocycles. The summed E-state index contributed by atoms with van der Waals surface area (Å²) >= 11 is 11.9. The molecule has 142 valence electrons. The van der Waals surface area contributed by atoms with Crippen LogP contribution in [0, 0.1) is 11.8 Å². The number of hydrogen-bond donors (Lipinski definition) is 2. The van der Waals surface area contributed by atoms with Crippen LogP contribution in [-0.4, -0.2) is 49.4 Å². The summed E-state index contributed by atoms with van der Waals surface area (Å²) in [6.45, 7) is 3.95. The minimum Gasteiger partial charge on any atom is -0.356 e. The summed E-state index contributed by atoms with van der Waals surface area (Å²) in [5, 5.41) is 7.19. The van der Waals surface area contributed by atoms with Gasteiger partial charge in [-0.15, -0.1) is 0 Å². The molecule has 3 rings (SSSR count). The number of halogens is 2. The molecule has 0 bridgehead atoms. The smallest absolute Gasteiger partial charge is 0.253 e. The second kappa shape index (κ2) is 9.07. The van der Waals surface area contributed by atoms with Crippen LogP contribution < -0.4 is 10.6 Å². The third-order valence-electron chi connectivity index (χ3n) is 5.26. The van der Waals surface area contributed by atoms with Gasteiger partial charge in [0.1, 0.15) is 0 Å². The molecule has 2 fully saturated rings. The van der Waals surface area contributed by atoms with Crippen LogP contribution in [-0.2, 0) is 4.79 Å². The fourth-order valence-corrected chi connectivity index (χ4v) is 3.99. The standard InChI is InChI=1S/C19H25Cl2N3O2/c20-16-4-3-14(10-17(16)21)19(26)24-9-1-2-15(12-24)18(25)23-8-6-13-5-7-22-11-13/h3-4,10,13,15,22H,1-2,5-9,11-12H2,(H,23,25). The Labute approximate surface area is 164 Å². The highest BCUT2D eigenvalue weighted by atomic mass is 35.5. The first-order valence-corrected chi connectivity index (χ1v) is 10.0. The average Bonchev–Trinajstić information content (AvgIpc) is 3.17. The van der Waals surface area contributed by atoms with Crippen molar-refractivity contribution in [3.05, 3.63) is 33.8 Å². The molecule has 0 spiro atoms. The summed E-state index contributed by atoms with van der Waals surface area (Å²) in [6.07, 6.45) is 3.85. The van der Waals surface area contributed by atoms with Crippen LogP contribution in [0.25, 0.3) is 0 Å². The maximum atomic E-state index is 12.7. The van der Waals surface area contributed by atoms with Crippen molar-refractivity contribution in [1.82, 2.24) is 15.5 Å². The van der Waals surface area contributed by atoms with Crippen LogP contribution in [0.2, 0.25) is 10.0 Å². The molecular formula is C19H25Cl2N3O2. The molecule has 0 aliphatic carbocycles. The Hall–Kier alpha value is -1.30. The molecular weight excluding hydrogens is 373 g/mol. The molecule has 2 N–H and O–H groups in total. The Kier molecular flexibility index (Phi) is 6.79. The van der Waals surface area contributed by atoms with Crippen molar-refractivity contribution in [3.8, 4) is 0 Å². The third kappa shape index (κ3) is 4.90. The highest BCUT2D eigenvalue weighted by molar-refractivity contribution is 6.42. The highest BCUT2D eigenvalue weighted by Gasteiger charge is 2.29. The van der Waals surface area contributed by atoms with Crippen molar-refractivity contribution in [2.75, 3.05) is 32.7 Å². The lowest BCUT2D eigenvalue weighted by Gasteiger charge is -2.32. The predicted octanol–water partition coefficient (Wildman–Crippen LogP) is 2.96. The quantitative estimate of drug-likeness (QED) is 0.802. The first-order valence-electron chi connectivity index (χ1n) is 9.27. The van der Waals surface area contributed by atoms with E-state index in [0.29, 0.717) is 41.2 Å². The zero-order chi connectivity index (χ0) is 18.5. The predicted molar refractivity (Wildman–Crippen MR) is 104 cm³/mol. The molecule has 26 heavy (non-hydrogen) atoms. The molecule has 2 aliphatic heterocycles. The van der Waals surface area contributed by atoms with E-state index in [1.54, 1.807) is 23.1 Å². The minimum absolute atomic E-state index is 0.0580. The molecule has 2 unspecified atom stereocenters. The van der Waals surface area contributed by atoms with Crippen molar-refractivity contribution in [2.24, 2.45) is 11.8 Å². The molecule has 1 aromatic rings. The molecule has 0 saturated carbocycles. The number of hydrogen-bond acceptors (Lipinski definition) is 3. The van der Waals surface area contributed by atoms with Crippen LogP contribution in [0.5, 0.6) is 0 Å². The molecule has 2 amide bonds. The van der Waals surface area contributed by atoms with Gasteiger partial charge in [0.25, 0.3) is 5.91 Å². The van der Waals surface area contributed by atoms with Gasteiger partial charge in [-0.3, -0.25) is 9.59 Å². The Morgan fingerprint density at radius 2 is 2.08 bits per heavy atom. The third-order valence-corrected chi connectivity index (χ3v) is 6.00. The van der Waals surface area contributed by atoms with Gasteiger partial charge in [0, 0.05) is 25.2 Å². The van der Waals surface area contributed by atoms with E-state index in [1.807, 2.05) is 0 Å². The van der Waals surface area contributed by atoms with Crippen molar-refractivity contribution in [1.29, 1.82) is 0 Å². The Bertz CT molecular complexity index is 662. The van der Waals surface area contributed by atoms with Gasteiger partial charge in [-0.1, -0.05) is 23.2 Å².